The predicted octanol–water partition coefficient (Wildman–Crippen LogP) is 3.58. The second kappa shape index (κ2) is 7.69. The van der Waals surface area contributed by atoms with E-state index in [1.54, 1.807) is 24.3 Å². The van der Waals surface area contributed by atoms with Crippen LogP contribution in [0.1, 0.15) is 17.3 Å². The number of carbonyl (C=O) groups excluding carboxylic acids is 2. The summed E-state index contributed by atoms with van der Waals surface area (Å²) in [5.41, 5.74) is 0.152. The molecule has 0 bridgehead atoms. The topological polar surface area (TPSA) is 98.5 Å². The van der Waals surface area contributed by atoms with Gasteiger partial charge >= 0.3 is 0 Å². The van der Waals surface area contributed by atoms with Crippen molar-refractivity contribution in [3.8, 4) is 5.75 Å². The Morgan fingerprint density at radius 3 is 2.71 bits per heavy atom. The van der Waals surface area contributed by atoms with Crippen molar-refractivity contribution in [3.05, 3.63) is 62.6 Å². The van der Waals surface area contributed by atoms with Gasteiger partial charge < -0.3 is 10.1 Å². The summed E-state index contributed by atoms with van der Waals surface area (Å²) in [5, 5.41) is 13.4. The van der Waals surface area contributed by atoms with Gasteiger partial charge in [-0.25, -0.2) is 0 Å². The van der Waals surface area contributed by atoms with Gasteiger partial charge in [-0.1, -0.05) is 28.1 Å². The fourth-order valence-electron chi connectivity index (χ4n) is 1.94. The smallest absolute Gasteiger partial charge is 0.292 e. The normalized spacial score (nSPS) is 11.4. The van der Waals surface area contributed by atoms with Gasteiger partial charge in [0.1, 0.15) is 11.4 Å². The standard InChI is InChI=1S/C16H13BrN2O5/c1-10(24-15-7-6-12(17)8-11(15)9-20)16(21)18-13-4-2-3-5-14(13)19(22)23/h2-10H,1H3,(H,18,21). The molecule has 0 saturated carbocycles. The zero-order chi connectivity index (χ0) is 17.7. The molecule has 124 valence electrons. The molecule has 8 heteroatoms. The number of nitro benzene ring substituents is 1. The number of rotatable bonds is 6. The Morgan fingerprint density at radius 1 is 1.33 bits per heavy atom. The van der Waals surface area contributed by atoms with Crippen LogP contribution in [0, 0.1) is 10.1 Å². The van der Waals surface area contributed by atoms with Crippen molar-refractivity contribution in [2.75, 3.05) is 5.32 Å². The Balaban J connectivity index is 2.14. The summed E-state index contributed by atoms with van der Waals surface area (Å²) in [4.78, 5) is 33.6. The van der Waals surface area contributed by atoms with Crippen LogP contribution in [0.2, 0.25) is 0 Å². The number of nitrogens with one attached hydrogen (secondary N) is 1. The van der Waals surface area contributed by atoms with E-state index in [0.29, 0.717) is 10.8 Å². The summed E-state index contributed by atoms with van der Waals surface area (Å²) >= 11 is 3.24. The van der Waals surface area contributed by atoms with E-state index in [2.05, 4.69) is 21.2 Å². The van der Waals surface area contributed by atoms with Gasteiger partial charge in [0.25, 0.3) is 11.6 Å². The fourth-order valence-corrected chi connectivity index (χ4v) is 2.31. The van der Waals surface area contributed by atoms with Gasteiger partial charge in [0.2, 0.25) is 0 Å². The molecule has 1 N–H and O–H groups in total. The van der Waals surface area contributed by atoms with Crippen LogP contribution in [-0.4, -0.2) is 23.2 Å². The van der Waals surface area contributed by atoms with Crippen LogP contribution in [-0.2, 0) is 4.79 Å². The molecule has 2 rings (SSSR count). The Kier molecular flexibility index (Phi) is 5.64. The SMILES string of the molecule is CC(Oc1ccc(Br)cc1C=O)C(=O)Nc1ccccc1[N+](=O)[O-]. The van der Waals surface area contributed by atoms with Gasteiger partial charge in [-0.15, -0.1) is 0 Å². The minimum atomic E-state index is -0.954. The van der Waals surface area contributed by atoms with E-state index in [4.69, 9.17) is 4.74 Å². The second-order valence-corrected chi connectivity index (χ2v) is 5.74. The number of benzene rings is 2. The highest BCUT2D eigenvalue weighted by Crippen LogP contribution is 2.25. The van der Waals surface area contributed by atoms with Crippen molar-refractivity contribution < 1.29 is 19.2 Å². The molecule has 7 nitrogen and oxygen atoms in total. The zero-order valence-corrected chi connectivity index (χ0v) is 14.1. The van der Waals surface area contributed by atoms with Crippen LogP contribution in [0.15, 0.2) is 46.9 Å². The van der Waals surface area contributed by atoms with Crippen LogP contribution in [0.4, 0.5) is 11.4 Å². The van der Waals surface area contributed by atoms with Crippen LogP contribution in [0.25, 0.3) is 0 Å². The lowest BCUT2D eigenvalue weighted by Crippen LogP contribution is -2.30. The number of carbonyl (C=O) groups is 2. The minimum Gasteiger partial charge on any atom is -0.480 e. The quantitative estimate of drug-likeness (QED) is 0.460. The van der Waals surface area contributed by atoms with Gasteiger partial charge in [0, 0.05) is 10.5 Å². The average molecular weight is 393 g/mol. The number of nitrogens with zero attached hydrogens (tertiary/aromatic N) is 1. The molecule has 2 aromatic carbocycles. The van der Waals surface area contributed by atoms with Crippen LogP contribution >= 0.6 is 15.9 Å². The summed E-state index contributed by atoms with van der Waals surface area (Å²) in [5.74, 6) is -0.317. The summed E-state index contributed by atoms with van der Waals surface area (Å²) in [6.07, 6.45) is -0.336. The first-order valence-corrected chi connectivity index (χ1v) is 7.67. The molecule has 0 heterocycles. The molecule has 0 aromatic heterocycles. The molecule has 1 atom stereocenters. The van der Waals surface area contributed by atoms with Gasteiger partial charge in [-0.05, 0) is 31.2 Å². The van der Waals surface area contributed by atoms with Gasteiger partial charge in [-0.3, -0.25) is 19.7 Å². The summed E-state index contributed by atoms with van der Waals surface area (Å²) < 4.78 is 6.19. The molecule has 0 radical (unpaired) electrons. The monoisotopic (exact) mass is 392 g/mol. The fraction of sp³-hybridized carbons (Fsp3) is 0.125. The van der Waals surface area contributed by atoms with Crippen LogP contribution in [0.5, 0.6) is 5.75 Å². The summed E-state index contributed by atoms with van der Waals surface area (Å²) in [6.45, 7) is 1.49. The molecule has 1 amide bonds. The highest BCUT2D eigenvalue weighted by molar-refractivity contribution is 9.10. The maximum Gasteiger partial charge on any atom is 0.292 e. The Morgan fingerprint density at radius 2 is 2.04 bits per heavy atom. The molecule has 0 aliphatic heterocycles. The molecule has 1 unspecified atom stereocenters. The number of hydrogen-bond acceptors (Lipinski definition) is 5. The van der Waals surface area contributed by atoms with Crippen molar-refractivity contribution in [1.82, 2.24) is 0 Å². The maximum absolute atomic E-state index is 12.2. The first kappa shape index (κ1) is 17.6. The Bertz CT molecular complexity index is 794. The Labute approximate surface area is 145 Å². The number of halogens is 1. The largest absolute Gasteiger partial charge is 0.480 e. The van der Waals surface area contributed by atoms with E-state index in [-0.39, 0.29) is 22.7 Å². The van der Waals surface area contributed by atoms with Crippen molar-refractivity contribution in [3.63, 3.8) is 0 Å². The second-order valence-electron chi connectivity index (χ2n) is 4.82. The third kappa shape index (κ3) is 4.17. The summed E-state index contributed by atoms with van der Waals surface area (Å²) in [7, 11) is 0. The molecule has 0 spiro atoms. The van der Waals surface area contributed by atoms with Gasteiger partial charge in [-0.2, -0.15) is 0 Å². The Hall–Kier alpha value is -2.74. The van der Waals surface area contributed by atoms with E-state index in [0.717, 1.165) is 0 Å². The molecule has 0 fully saturated rings. The van der Waals surface area contributed by atoms with Crippen molar-refractivity contribution in [1.29, 1.82) is 0 Å². The molecule has 0 saturated heterocycles. The number of anilines is 1. The lowest BCUT2D eigenvalue weighted by molar-refractivity contribution is -0.383. The van der Waals surface area contributed by atoms with Gasteiger partial charge in [0.15, 0.2) is 12.4 Å². The molecule has 0 aliphatic rings. The van der Waals surface area contributed by atoms with Crippen molar-refractivity contribution in [2.24, 2.45) is 0 Å². The number of ether oxygens (including phenoxy) is 1. The third-order valence-corrected chi connectivity index (χ3v) is 3.62. The van der Waals surface area contributed by atoms with Crippen LogP contribution in [0.3, 0.4) is 0 Å². The first-order chi connectivity index (χ1) is 11.4. The van der Waals surface area contributed by atoms with Crippen LogP contribution < -0.4 is 10.1 Å². The van der Waals surface area contributed by atoms with E-state index >= 15 is 0 Å². The van der Waals surface area contributed by atoms with Gasteiger partial charge in [0.05, 0.1) is 10.5 Å². The lowest BCUT2D eigenvalue weighted by atomic mass is 10.2. The lowest BCUT2D eigenvalue weighted by Gasteiger charge is -2.16. The highest BCUT2D eigenvalue weighted by Gasteiger charge is 2.20. The van der Waals surface area contributed by atoms with Crippen molar-refractivity contribution in [2.45, 2.75) is 13.0 Å². The first-order valence-electron chi connectivity index (χ1n) is 6.88. The van der Waals surface area contributed by atoms with E-state index in [9.17, 15) is 19.7 Å². The maximum atomic E-state index is 12.2. The number of nitro groups is 1. The minimum absolute atomic E-state index is 0.0781. The molecule has 2 aromatic rings. The zero-order valence-electron chi connectivity index (χ0n) is 12.6. The third-order valence-electron chi connectivity index (χ3n) is 3.13. The highest BCUT2D eigenvalue weighted by atomic mass is 79.9. The molecule has 24 heavy (non-hydrogen) atoms. The molecular weight excluding hydrogens is 380 g/mol. The number of hydrogen-bond donors (Lipinski definition) is 1. The molecular formula is C16H13BrN2O5. The average Bonchev–Trinajstić information content (AvgIpc) is 2.56. The molecule has 0 aliphatic carbocycles. The van der Waals surface area contributed by atoms with E-state index in [1.807, 2.05) is 0 Å². The number of aldehydes is 1. The predicted molar refractivity (Wildman–Crippen MR) is 91.3 cm³/mol. The van der Waals surface area contributed by atoms with Crippen molar-refractivity contribution >= 4 is 39.5 Å². The van der Waals surface area contributed by atoms with E-state index < -0.39 is 16.9 Å². The van der Waals surface area contributed by atoms with E-state index in [1.165, 1.54) is 25.1 Å². The summed E-state index contributed by atoms with van der Waals surface area (Å²) in [6, 6.07) is 10.6. The number of para-hydroxylation sites is 2. The number of amides is 1.